The van der Waals surface area contributed by atoms with E-state index in [2.05, 4.69) is 10.3 Å². The van der Waals surface area contributed by atoms with Gasteiger partial charge in [-0.25, -0.2) is 0 Å². The zero-order valence-corrected chi connectivity index (χ0v) is 14.2. The molecule has 1 aromatic heterocycles. The SMILES string of the molecule is Cc1ccc(-c2ccc(CC(CO)NC(=O)C(Cl)Cl)cc2)cn1. The van der Waals surface area contributed by atoms with E-state index in [1.807, 2.05) is 49.5 Å². The van der Waals surface area contributed by atoms with Crippen molar-refractivity contribution in [3.63, 3.8) is 0 Å². The number of carbonyl (C=O) groups excluding carboxylic acids is 1. The lowest BCUT2D eigenvalue weighted by Crippen LogP contribution is -2.41. The van der Waals surface area contributed by atoms with Crippen molar-refractivity contribution >= 4 is 29.1 Å². The summed E-state index contributed by atoms with van der Waals surface area (Å²) in [6.07, 6.45) is 2.33. The molecule has 23 heavy (non-hydrogen) atoms. The second-order valence-electron chi connectivity index (χ2n) is 5.28. The summed E-state index contributed by atoms with van der Waals surface area (Å²) in [4.78, 5) is 14.6. The van der Waals surface area contributed by atoms with Gasteiger partial charge in [0.05, 0.1) is 12.6 Å². The fourth-order valence-electron chi connectivity index (χ4n) is 2.18. The predicted molar refractivity (Wildman–Crippen MR) is 92.6 cm³/mol. The minimum absolute atomic E-state index is 0.185. The van der Waals surface area contributed by atoms with Crippen LogP contribution in [0.15, 0.2) is 42.6 Å². The normalized spacial score (nSPS) is 12.2. The molecular formula is C17H18Cl2N2O2. The number of pyridine rings is 1. The number of halogens is 2. The number of aryl methyl sites for hydroxylation is 1. The second kappa shape index (κ2) is 8.29. The molecule has 0 aliphatic carbocycles. The Morgan fingerprint density at radius 2 is 1.83 bits per heavy atom. The highest BCUT2D eigenvalue weighted by Crippen LogP contribution is 2.19. The van der Waals surface area contributed by atoms with Gasteiger partial charge >= 0.3 is 0 Å². The first-order valence-electron chi connectivity index (χ1n) is 7.21. The zero-order chi connectivity index (χ0) is 16.8. The van der Waals surface area contributed by atoms with E-state index in [9.17, 15) is 9.90 Å². The van der Waals surface area contributed by atoms with Crippen molar-refractivity contribution in [3.05, 3.63) is 53.9 Å². The summed E-state index contributed by atoms with van der Waals surface area (Å²) < 4.78 is 0. The van der Waals surface area contributed by atoms with Crippen molar-refractivity contribution in [3.8, 4) is 11.1 Å². The van der Waals surface area contributed by atoms with E-state index in [0.29, 0.717) is 6.42 Å². The number of nitrogens with zero attached hydrogens (tertiary/aromatic N) is 1. The Morgan fingerprint density at radius 1 is 1.17 bits per heavy atom. The fourth-order valence-corrected chi connectivity index (χ4v) is 2.31. The number of rotatable bonds is 6. The summed E-state index contributed by atoms with van der Waals surface area (Å²) in [5.74, 6) is -0.505. The summed E-state index contributed by atoms with van der Waals surface area (Å²) in [5, 5.41) is 12.0. The van der Waals surface area contributed by atoms with E-state index in [-0.39, 0.29) is 6.61 Å². The van der Waals surface area contributed by atoms with Gasteiger partial charge in [-0.3, -0.25) is 9.78 Å². The summed E-state index contributed by atoms with van der Waals surface area (Å²) in [5.41, 5.74) is 4.08. The minimum atomic E-state index is -1.14. The number of aliphatic hydroxyl groups excluding tert-OH is 1. The molecule has 0 saturated heterocycles. The van der Waals surface area contributed by atoms with Crippen molar-refractivity contribution in [1.29, 1.82) is 0 Å². The first-order chi connectivity index (χ1) is 11.0. The number of nitrogens with one attached hydrogen (secondary N) is 1. The maximum atomic E-state index is 11.5. The van der Waals surface area contributed by atoms with Crippen LogP contribution in [0.5, 0.6) is 0 Å². The lowest BCUT2D eigenvalue weighted by Gasteiger charge is -2.17. The van der Waals surface area contributed by atoms with Crippen molar-refractivity contribution < 1.29 is 9.90 Å². The molecular weight excluding hydrogens is 335 g/mol. The molecule has 0 radical (unpaired) electrons. The molecule has 1 aromatic carbocycles. The predicted octanol–water partition coefficient (Wildman–Crippen LogP) is 2.88. The van der Waals surface area contributed by atoms with Crippen LogP contribution in [-0.2, 0) is 11.2 Å². The largest absolute Gasteiger partial charge is 0.394 e. The molecule has 1 heterocycles. The lowest BCUT2D eigenvalue weighted by atomic mass is 10.0. The molecule has 1 unspecified atom stereocenters. The average molecular weight is 353 g/mol. The number of hydrogen-bond donors (Lipinski definition) is 2. The number of benzene rings is 1. The highest BCUT2D eigenvalue weighted by molar-refractivity contribution is 6.53. The zero-order valence-electron chi connectivity index (χ0n) is 12.7. The third-order valence-electron chi connectivity index (χ3n) is 3.45. The molecule has 1 amide bonds. The van der Waals surface area contributed by atoms with E-state index in [4.69, 9.17) is 23.2 Å². The average Bonchev–Trinajstić information content (AvgIpc) is 2.55. The number of hydrogen-bond acceptors (Lipinski definition) is 3. The highest BCUT2D eigenvalue weighted by Gasteiger charge is 2.17. The number of carbonyl (C=O) groups is 1. The van der Waals surface area contributed by atoms with E-state index in [1.54, 1.807) is 0 Å². The van der Waals surface area contributed by atoms with Gasteiger partial charge in [0.25, 0.3) is 5.91 Å². The van der Waals surface area contributed by atoms with Crippen molar-refractivity contribution in [2.75, 3.05) is 6.61 Å². The van der Waals surface area contributed by atoms with Crippen molar-refractivity contribution in [2.45, 2.75) is 24.2 Å². The smallest absolute Gasteiger partial charge is 0.253 e. The summed E-state index contributed by atoms with van der Waals surface area (Å²) >= 11 is 11.0. The third kappa shape index (κ3) is 5.20. The molecule has 2 rings (SSSR count). The maximum absolute atomic E-state index is 11.5. The van der Waals surface area contributed by atoms with Gasteiger partial charge in [0.1, 0.15) is 0 Å². The number of aliphatic hydroxyl groups is 1. The first kappa shape index (κ1) is 17.7. The van der Waals surface area contributed by atoms with E-state index in [0.717, 1.165) is 22.4 Å². The summed E-state index contributed by atoms with van der Waals surface area (Å²) in [7, 11) is 0. The van der Waals surface area contributed by atoms with Gasteiger partial charge in [-0.05, 0) is 30.5 Å². The van der Waals surface area contributed by atoms with Crippen LogP contribution in [0.3, 0.4) is 0 Å². The molecule has 4 nitrogen and oxygen atoms in total. The molecule has 0 fully saturated rings. The Bertz CT molecular complexity index is 643. The Kier molecular flexibility index (Phi) is 6.39. The Hall–Kier alpha value is -1.62. The molecule has 2 aromatic rings. The summed E-state index contributed by atoms with van der Waals surface area (Å²) in [6.45, 7) is 1.76. The van der Waals surface area contributed by atoms with Crippen molar-refractivity contribution in [1.82, 2.24) is 10.3 Å². The molecule has 6 heteroatoms. The van der Waals surface area contributed by atoms with Crippen LogP contribution >= 0.6 is 23.2 Å². The topological polar surface area (TPSA) is 62.2 Å². The van der Waals surface area contributed by atoms with Gasteiger partial charge < -0.3 is 10.4 Å². The van der Waals surface area contributed by atoms with Gasteiger partial charge in [-0.2, -0.15) is 0 Å². The molecule has 0 aliphatic heterocycles. The molecule has 0 aliphatic rings. The Balaban J connectivity index is 2.04. The fraction of sp³-hybridized carbons (Fsp3) is 0.294. The van der Waals surface area contributed by atoms with Crippen LogP contribution in [0.2, 0.25) is 0 Å². The second-order valence-corrected chi connectivity index (χ2v) is 6.37. The maximum Gasteiger partial charge on any atom is 0.253 e. The number of alkyl halides is 2. The molecule has 0 saturated carbocycles. The molecule has 2 N–H and O–H groups in total. The van der Waals surface area contributed by atoms with Gasteiger partial charge in [-0.15, -0.1) is 0 Å². The van der Waals surface area contributed by atoms with Crippen molar-refractivity contribution in [2.24, 2.45) is 0 Å². The molecule has 0 spiro atoms. The first-order valence-corrected chi connectivity index (χ1v) is 8.08. The monoisotopic (exact) mass is 352 g/mol. The van der Waals surface area contributed by atoms with E-state index in [1.165, 1.54) is 0 Å². The van der Waals surface area contributed by atoms with Crippen LogP contribution in [0.4, 0.5) is 0 Å². The van der Waals surface area contributed by atoms with Crippen LogP contribution in [0.1, 0.15) is 11.3 Å². The Labute approximate surface area is 145 Å². The Morgan fingerprint density at radius 3 is 2.35 bits per heavy atom. The third-order valence-corrected chi connectivity index (χ3v) is 3.84. The number of aromatic nitrogens is 1. The van der Waals surface area contributed by atoms with Crippen LogP contribution in [-0.4, -0.2) is 33.5 Å². The quantitative estimate of drug-likeness (QED) is 0.785. The lowest BCUT2D eigenvalue weighted by molar-refractivity contribution is -0.120. The van der Waals surface area contributed by atoms with Crippen LogP contribution < -0.4 is 5.32 Å². The van der Waals surface area contributed by atoms with Gasteiger partial charge in [0.2, 0.25) is 0 Å². The molecule has 0 bridgehead atoms. The summed E-state index contributed by atoms with van der Waals surface area (Å²) in [6, 6.07) is 11.5. The minimum Gasteiger partial charge on any atom is -0.394 e. The van der Waals surface area contributed by atoms with Gasteiger partial charge in [0.15, 0.2) is 4.84 Å². The van der Waals surface area contributed by atoms with Crippen LogP contribution in [0.25, 0.3) is 11.1 Å². The van der Waals surface area contributed by atoms with Gasteiger partial charge in [-0.1, -0.05) is 53.5 Å². The molecule has 1 atom stereocenters. The standard InChI is InChI=1S/C17H18Cl2N2O2/c1-11-2-5-14(9-20-11)13-6-3-12(4-7-13)8-15(10-22)21-17(23)16(18)19/h2-7,9,15-16,22H,8,10H2,1H3,(H,21,23). The van der Waals surface area contributed by atoms with E-state index < -0.39 is 16.8 Å². The highest BCUT2D eigenvalue weighted by atomic mass is 35.5. The van der Waals surface area contributed by atoms with Gasteiger partial charge in [0, 0.05) is 17.5 Å². The van der Waals surface area contributed by atoms with E-state index >= 15 is 0 Å². The van der Waals surface area contributed by atoms with Crippen LogP contribution in [0, 0.1) is 6.92 Å². The number of amides is 1. The molecule has 122 valence electrons.